The Kier molecular flexibility index (Phi) is 7.90. The van der Waals surface area contributed by atoms with Gasteiger partial charge in [-0.05, 0) is 54.4 Å². The highest BCUT2D eigenvalue weighted by Gasteiger charge is 2.29. The van der Waals surface area contributed by atoms with Crippen molar-refractivity contribution in [2.45, 2.75) is 18.7 Å². The van der Waals surface area contributed by atoms with Crippen molar-refractivity contribution in [2.24, 2.45) is 4.99 Å². The molecule has 3 aromatic rings. The molecule has 1 heterocycles. The van der Waals surface area contributed by atoms with Crippen LogP contribution in [0.3, 0.4) is 0 Å². The molecular weight excluding hydrogens is 552 g/mol. The van der Waals surface area contributed by atoms with Gasteiger partial charge >= 0.3 is 0 Å². The van der Waals surface area contributed by atoms with Gasteiger partial charge in [-0.2, -0.15) is 0 Å². The van der Waals surface area contributed by atoms with Crippen LogP contribution in [0.2, 0.25) is 5.02 Å². The van der Waals surface area contributed by atoms with Crippen LogP contribution in [0.4, 0.5) is 11.4 Å². The van der Waals surface area contributed by atoms with E-state index < -0.39 is 11.0 Å². The van der Waals surface area contributed by atoms with Crippen molar-refractivity contribution in [3.8, 4) is 0 Å². The number of hydrogen-bond donors (Lipinski definition) is 2. The number of amides is 1. The molecule has 3 aromatic carbocycles. The number of carbonyl (C=O) groups excluding carboxylic acids is 1. The first kappa shape index (κ1) is 25.0. The first-order valence-electron chi connectivity index (χ1n) is 10.5. The summed E-state index contributed by atoms with van der Waals surface area (Å²) < 4.78 is 0.925. The zero-order chi connectivity index (χ0) is 24.9. The van der Waals surface area contributed by atoms with Crippen molar-refractivity contribution in [3.63, 3.8) is 0 Å². The highest BCUT2D eigenvalue weighted by molar-refractivity contribution is 9.10. The van der Waals surface area contributed by atoms with Crippen molar-refractivity contribution in [1.82, 2.24) is 5.32 Å². The molecule has 1 aliphatic heterocycles. The largest absolute Gasteiger partial charge is 0.338 e. The number of benzene rings is 3. The number of hydrogen-bond acceptors (Lipinski definition) is 6. The van der Waals surface area contributed by atoms with Gasteiger partial charge in [-0.15, -0.1) is 0 Å². The van der Waals surface area contributed by atoms with E-state index >= 15 is 0 Å². The summed E-state index contributed by atoms with van der Waals surface area (Å²) in [6, 6.07) is 20.5. The third-order valence-corrected chi connectivity index (χ3v) is 7.01. The quantitative estimate of drug-likeness (QED) is 0.249. The number of amidine groups is 1. The van der Waals surface area contributed by atoms with Gasteiger partial charge in [-0.25, -0.2) is 4.99 Å². The zero-order valence-electron chi connectivity index (χ0n) is 18.5. The second-order valence-electron chi connectivity index (χ2n) is 7.73. The third kappa shape index (κ3) is 6.30. The standard InChI is InChI=1S/C25H20BrClN4O3S/c1-15-22(24(32)29-20-10-12-21(13-11-20)31(33)34)23(17-4-6-18(26)7-5-17)30-25(28-15)35-14-16-2-8-19(27)9-3-16/h2-13,23H,14H2,1H3,(H,28,30)(H,29,32). The number of nitro benzene ring substituents is 1. The summed E-state index contributed by atoms with van der Waals surface area (Å²) in [6.45, 7) is 1.84. The molecule has 2 N–H and O–H groups in total. The fraction of sp³-hybridized carbons (Fsp3) is 0.120. The van der Waals surface area contributed by atoms with E-state index in [-0.39, 0.29) is 11.6 Å². The van der Waals surface area contributed by atoms with E-state index in [1.165, 1.54) is 24.3 Å². The number of carbonyl (C=O) groups is 1. The summed E-state index contributed by atoms with van der Waals surface area (Å²) in [6.07, 6.45) is 0. The minimum atomic E-state index is -0.518. The van der Waals surface area contributed by atoms with Gasteiger partial charge in [0.1, 0.15) is 6.04 Å². The lowest BCUT2D eigenvalue weighted by atomic mass is 9.96. The third-order valence-electron chi connectivity index (χ3n) is 5.27. The first-order chi connectivity index (χ1) is 16.8. The minimum absolute atomic E-state index is 0.0441. The maximum Gasteiger partial charge on any atom is 0.269 e. The molecule has 0 aliphatic carbocycles. The number of nitrogens with zero attached hydrogens (tertiary/aromatic N) is 2. The van der Waals surface area contributed by atoms with Gasteiger partial charge in [-0.3, -0.25) is 14.9 Å². The van der Waals surface area contributed by atoms with Gasteiger partial charge in [0.15, 0.2) is 5.17 Å². The van der Waals surface area contributed by atoms with Crippen molar-refractivity contribution in [2.75, 3.05) is 5.32 Å². The van der Waals surface area contributed by atoms with Crippen molar-refractivity contribution in [3.05, 3.63) is 115 Å². The van der Waals surface area contributed by atoms with E-state index in [0.717, 1.165) is 15.6 Å². The summed E-state index contributed by atoms with van der Waals surface area (Å²) in [5.74, 6) is 0.357. The van der Waals surface area contributed by atoms with E-state index in [1.807, 2.05) is 55.5 Å². The molecular formula is C25H20BrClN4O3S. The summed E-state index contributed by atoms with van der Waals surface area (Å²) in [4.78, 5) is 28.6. The normalized spacial score (nSPS) is 15.3. The summed E-state index contributed by atoms with van der Waals surface area (Å²) in [5.41, 5.74) is 3.55. The lowest BCUT2D eigenvalue weighted by molar-refractivity contribution is -0.384. The van der Waals surface area contributed by atoms with Crippen LogP contribution in [0.1, 0.15) is 24.1 Å². The van der Waals surface area contributed by atoms with Gasteiger partial charge in [0.05, 0.1) is 10.5 Å². The number of aliphatic imine (C=N–C) groups is 1. The van der Waals surface area contributed by atoms with Gasteiger partial charge in [0, 0.05) is 38.8 Å². The molecule has 35 heavy (non-hydrogen) atoms. The molecule has 1 unspecified atom stereocenters. The molecule has 7 nitrogen and oxygen atoms in total. The summed E-state index contributed by atoms with van der Waals surface area (Å²) in [5, 5.41) is 18.4. The van der Waals surface area contributed by atoms with Crippen LogP contribution in [0.15, 0.2) is 93.5 Å². The smallest absolute Gasteiger partial charge is 0.269 e. The van der Waals surface area contributed by atoms with E-state index in [4.69, 9.17) is 16.6 Å². The van der Waals surface area contributed by atoms with Crippen LogP contribution in [0, 0.1) is 10.1 Å². The predicted octanol–water partition coefficient (Wildman–Crippen LogP) is 6.86. The molecule has 0 saturated carbocycles. The minimum Gasteiger partial charge on any atom is -0.338 e. The molecule has 10 heteroatoms. The Bertz CT molecular complexity index is 1310. The number of non-ortho nitro benzene ring substituents is 1. The molecule has 178 valence electrons. The average molecular weight is 572 g/mol. The molecule has 1 aliphatic rings. The second-order valence-corrected chi connectivity index (χ2v) is 10.0. The molecule has 0 aromatic heterocycles. The van der Waals surface area contributed by atoms with E-state index in [0.29, 0.717) is 32.9 Å². The van der Waals surface area contributed by atoms with E-state index in [1.54, 1.807) is 11.8 Å². The Morgan fingerprint density at radius 2 is 1.77 bits per heavy atom. The number of nitrogens with one attached hydrogen (secondary N) is 2. The van der Waals surface area contributed by atoms with Crippen molar-refractivity contribution in [1.29, 1.82) is 0 Å². The average Bonchev–Trinajstić information content (AvgIpc) is 2.84. The highest BCUT2D eigenvalue weighted by Crippen LogP contribution is 2.34. The number of rotatable bonds is 6. The van der Waals surface area contributed by atoms with Gasteiger partial charge in [0.2, 0.25) is 0 Å². The Morgan fingerprint density at radius 3 is 2.40 bits per heavy atom. The fourth-order valence-corrected chi connectivity index (χ4v) is 4.79. The van der Waals surface area contributed by atoms with Crippen LogP contribution >= 0.6 is 39.3 Å². The molecule has 0 spiro atoms. The maximum absolute atomic E-state index is 13.3. The lowest BCUT2D eigenvalue weighted by Gasteiger charge is -2.26. The zero-order valence-corrected chi connectivity index (χ0v) is 21.7. The van der Waals surface area contributed by atoms with Crippen molar-refractivity contribution >= 4 is 61.7 Å². The Labute approximate surface area is 220 Å². The number of allylic oxidation sites excluding steroid dienone is 1. The highest BCUT2D eigenvalue weighted by atomic mass is 79.9. The molecule has 0 bridgehead atoms. The van der Waals surface area contributed by atoms with Crippen LogP contribution in [0.5, 0.6) is 0 Å². The van der Waals surface area contributed by atoms with Crippen LogP contribution < -0.4 is 10.6 Å². The monoisotopic (exact) mass is 570 g/mol. The Balaban J connectivity index is 1.58. The van der Waals surface area contributed by atoms with Gasteiger partial charge < -0.3 is 10.6 Å². The first-order valence-corrected chi connectivity index (χ1v) is 12.7. The van der Waals surface area contributed by atoms with Crippen LogP contribution in [0.25, 0.3) is 0 Å². The van der Waals surface area contributed by atoms with Gasteiger partial charge in [-0.1, -0.05) is 63.6 Å². The van der Waals surface area contributed by atoms with Crippen LogP contribution in [-0.4, -0.2) is 16.0 Å². The lowest BCUT2D eigenvalue weighted by Crippen LogP contribution is -2.32. The van der Waals surface area contributed by atoms with Gasteiger partial charge in [0.25, 0.3) is 11.6 Å². The molecule has 0 fully saturated rings. The number of thioether (sulfide) groups is 1. The molecule has 1 amide bonds. The fourth-order valence-electron chi connectivity index (χ4n) is 3.50. The molecule has 1 atom stereocenters. The molecule has 0 saturated heterocycles. The Hall–Kier alpha value is -3.14. The molecule has 0 radical (unpaired) electrons. The number of halogens is 2. The SMILES string of the molecule is CC1=C(C(=O)Nc2ccc([N+](=O)[O-])cc2)C(c2ccc(Br)cc2)N=C(SCc2ccc(Cl)cc2)N1. The molecule has 4 rings (SSSR count). The number of anilines is 1. The summed E-state index contributed by atoms with van der Waals surface area (Å²) in [7, 11) is 0. The van der Waals surface area contributed by atoms with E-state index in [2.05, 4.69) is 26.6 Å². The predicted molar refractivity (Wildman–Crippen MR) is 145 cm³/mol. The van der Waals surface area contributed by atoms with Crippen molar-refractivity contribution < 1.29 is 9.72 Å². The topological polar surface area (TPSA) is 96.6 Å². The number of nitro groups is 1. The van der Waals surface area contributed by atoms with E-state index in [9.17, 15) is 14.9 Å². The maximum atomic E-state index is 13.3. The Morgan fingerprint density at radius 1 is 1.11 bits per heavy atom. The summed E-state index contributed by atoms with van der Waals surface area (Å²) >= 11 is 11.0. The second kappa shape index (κ2) is 11.1. The van der Waals surface area contributed by atoms with Crippen LogP contribution in [-0.2, 0) is 10.5 Å².